The first kappa shape index (κ1) is 25.3. The van der Waals surface area contributed by atoms with Crippen LogP contribution >= 0.6 is 23.4 Å². The topological polar surface area (TPSA) is 88.9 Å². The minimum Gasteiger partial charge on any atom is -0.353 e. The number of benzene rings is 1. The van der Waals surface area contributed by atoms with Crippen molar-refractivity contribution in [2.45, 2.75) is 69.7 Å². The van der Waals surface area contributed by atoms with Crippen LogP contribution in [0.5, 0.6) is 0 Å². The van der Waals surface area contributed by atoms with Crippen LogP contribution < -0.4 is 10.6 Å². The molecule has 1 fully saturated rings. The number of amides is 2. The third-order valence-corrected chi connectivity index (χ3v) is 6.85. The molecule has 1 aromatic carbocycles. The van der Waals surface area contributed by atoms with Gasteiger partial charge in [0.05, 0.1) is 22.4 Å². The number of nitrogens with one attached hydrogen (secondary N) is 2. The maximum Gasteiger partial charge on any atom is 0.253 e. The number of carbonyl (C=O) groups is 2. The van der Waals surface area contributed by atoms with E-state index >= 15 is 0 Å². The molecule has 1 aliphatic carbocycles. The van der Waals surface area contributed by atoms with Crippen molar-refractivity contribution in [3.05, 3.63) is 53.3 Å². The predicted molar refractivity (Wildman–Crippen MR) is 132 cm³/mol. The molecule has 1 heterocycles. The van der Waals surface area contributed by atoms with Crippen molar-refractivity contribution >= 4 is 35.2 Å². The summed E-state index contributed by atoms with van der Waals surface area (Å²) in [6, 6.07) is 6.89. The van der Waals surface area contributed by atoms with Crippen LogP contribution in [0.15, 0.2) is 42.1 Å². The molecule has 1 atom stereocenters. The molecule has 0 aliphatic heterocycles. The maximum absolute atomic E-state index is 13.0. The van der Waals surface area contributed by atoms with Gasteiger partial charge in [-0.3, -0.25) is 9.59 Å². The summed E-state index contributed by atoms with van der Waals surface area (Å²) in [6.07, 6.45) is 6.89. The molecule has 1 saturated carbocycles. The summed E-state index contributed by atoms with van der Waals surface area (Å²) >= 11 is 7.57. The molecule has 33 heavy (non-hydrogen) atoms. The molecule has 2 aromatic rings. The molecule has 2 N–H and O–H groups in total. The lowest BCUT2D eigenvalue weighted by atomic mass is 10.0. The van der Waals surface area contributed by atoms with Gasteiger partial charge < -0.3 is 15.2 Å². The van der Waals surface area contributed by atoms with Crippen molar-refractivity contribution in [1.29, 1.82) is 0 Å². The second-order valence-electron chi connectivity index (χ2n) is 8.71. The highest BCUT2D eigenvalue weighted by atomic mass is 35.5. The number of hydrogen-bond acceptors (Lipinski definition) is 5. The highest BCUT2D eigenvalue weighted by molar-refractivity contribution is 7.99. The van der Waals surface area contributed by atoms with Crippen LogP contribution in [-0.4, -0.2) is 38.4 Å². The Morgan fingerprint density at radius 3 is 2.67 bits per heavy atom. The second-order valence-corrected chi connectivity index (χ2v) is 10.1. The molecule has 7 nitrogen and oxygen atoms in total. The van der Waals surface area contributed by atoms with Gasteiger partial charge in [0.25, 0.3) is 5.91 Å². The van der Waals surface area contributed by atoms with E-state index in [4.69, 9.17) is 11.6 Å². The van der Waals surface area contributed by atoms with Crippen LogP contribution in [0.4, 0.5) is 0 Å². The Kier molecular flexibility index (Phi) is 9.38. The number of allylic oxidation sites excluding steroid dienone is 1. The van der Waals surface area contributed by atoms with Crippen molar-refractivity contribution in [3.8, 4) is 0 Å². The molecule has 0 saturated heterocycles. The summed E-state index contributed by atoms with van der Waals surface area (Å²) in [4.78, 5) is 25.3. The number of halogens is 1. The van der Waals surface area contributed by atoms with Crippen LogP contribution in [0, 0.1) is 5.92 Å². The van der Waals surface area contributed by atoms with Crippen LogP contribution in [0.25, 0.3) is 0 Å². The largest absolute Gasteiger partial charge is 0.353 e. The molecule has 3 rings (SSSR count). The minimum atomic E-state index is -0.358. The van der Waals surface area contributed by atoms with E-state index in [1.165, 1.54) is 24.6 Å². The molecular formula is C24H32ClN5O2S. The summed E-state index contributed by atoms with van der Waals surface area (Å²) in [7, 11) is 0. The Morgan fingerprint density at radius 1 is 1.27 bits per heavy atom. The molecule has 1 unspecified atom stereocenters. The fraction of sp³-hybridized carbons (Fsp3) is 0.500. The van der Waals surface area contributed by atoms with E-state index in [2.05, 4.69) is 41.3 Å². The van der Waals surface area contributed by atoms with Crippen molar-refractivity contribution in [3.63, 3.8) is 0 Å². The van der Waals surface area contributed by atoms with Gasteiger partial charge in [0, 0.05) is 12.6 Å². The summed E-state index contributed by atoms with van der Waals surface area (Å²) in [6.45, 7) is 8.51. The highest BCUT2D eigenvalue weighted by Crippen LogP contribution is 2.26. The Bertz CT molecular complexity index is 972. The van der Waals surface area contributed by atoms with Gasteiger partial charge >= 0.3 is 0 Å². The molecule has 178 valence electrons. The smallest absolute Gasteiger partial charge is 0.253 e. The Hall–Kier alpha value is -2.32. The summed E-state index contributed by atoms with van der Waals surface area (Å²) in [5.74, 6) is 0.968. The highest BCUT2D eigenvalue weighted by Gasteiger charge is 2.25. The van der Waals surface area contributed by atoms with Crippen molar-refractivity contribution in [1.82, 2.24) is 25.4 Å². The first-order chi connectivity index (χ1) is 15.9. The number of nitrogens with zero attached hydrogens (tertiary/aromatic N) is 3. The zero-order valence-electron chi connectivity index (χ0n) is 19.2. The van der Waals surface area contributed by atoms with Crippen molar-refractivity contribution in [2.75, 3.05) is 5.75 Å². The van der Waals surface area contributed by atoms with E-state index in [1.54, 1.807) is 30.3 Å². The monoisotopic (exact) mass is 489 g/mol. The summed E-state index contributed by atoms with van der Waals surface area (Å²) < 4.78 is 1.92. The van der Waals surface area contributed by atoms with E-state index in [9.17, 15) is 9.59 Å². The number of aromatic nitrogens is 3. The number of carbonyl (C=O) groups excluding carboxylic acids is 2. The number of rotatable bonds is 11. The lowest BCUT2D eigenvalue weighted by molar-refractivity contribution is -0.119. The van der Waals surface area contributed by atoms with Gasteiger partial charge in [0.1, 0.15) is 0 Å². The van der Waals surface area contributed by atoms with E-state index in [0.717, 1.165) is 12.8 Å². The van der Waals surface area contributed by atoms with E-state index < -0.39 is 0 Å². The predicted octanol–water partition coefficient (Wildman–Crippen LogP) is 4.79. The zero-order valence-corrected chi connectivity index (χ0v) is 20.8. The first-order valence-electron chi connectivity index (χ1n) is 11.4. The number of thioether (sulfide) groups is 1. The molecule has 0 spiro atoms. The van der Waals surface area contributed by atoms with E-state index in [0.29, 0.717) is 40.5 Å². The second kappa shape index (κ2) is 12.2. The normalized spacial score (nSPS) is 14.9. The minimum absolute atomic E-state index is 0.00681. The van der Waals surface area contributed by atoms with Gasteiger partial charge in [-0.2, -0.15) is 0 Å². The Balaban J connectivity index is 1.76. The summed E-state index contributed by atoms with van der Waals surface area (Å²) in [5, 5.41) is 15.9. The van der Waals surface area contributed by atoms with Crippen LogP contribution in [0.1, 0.15) is 68.2 Å². The van der Waals surface area contributed by atoms with Crippen molar-refractivity contribution in [2.24, 2.45) is 5.92 Å². The lowest BCUT2D eigenvalue weighted by Gasteiger charge is -2.21. The average Bonchev–Trinajstić information content (AvgIpc) is 3.42. The number of hydrogen-bond donors (Lipinski definition) is 2. The molecule has 0 bridgehead atoms. The standard InChI is InChI=1S/C24H32ClN5O2S/c1-4-13-30-22(28-29-24(30)33-15-21(31)26-17-9-5-6-10-17)20(14-16(2)3)27-23(32)18-11-7-8-12-19(18)25/h4,7-8,11-12,16-17,20H,1,5-6,9-10,13-15H2,2-3H3,(H,26,31)(H,27,32). The Morgan fingerprint density at radius 2 is 2.00 bits per heavy atom. The van der Waals surface area contributed by atoms with Gasteiger partial charge in [-0.15, -0.1) is 16.8 Å². The maximum atomic E-state index is 13.0. The molecule has 0 radical (unpaired) electrons. The van der Waals surface area contributed by atoms with Gasteiger partial charge in [-0.25, -0.2) is 0 Å². The lowest BCUT2D eigenvalue weighted by Crippen LogP contribution is -2.34. The summed E-state index contributed by atoms with van der Waals surface area (Å²) in [5.41, 5.74) is 0.417. The zero-order chi connectivity index (χ0) is 23.8. The molecular weight excluding hydrogens is 458 g/mol. The Labute approximate surface area is 204 Å². The first-order valence-corrected chi connectivity index (χ1v) is 12.8. The fourth-order valence-corrected chi connectivity index (χ4v) is 5.00. The molecule has 1 aromatic heterocycles. The van der Waals surface area contributed by atoms with E-state index in [-0.39, 0.29) is 29.7 Å². The fourth-order valence-electron chi connectivity index (χ4n) is 4.02. The van der Waals surface area contributed by atoms with Gasteiger partial charge in [0.15, 0.2) is 11.0 Å². The van der Waals surface area contributed by atoms with Gasteiger partial charge in [-0.05, 0) is 37.3 Å². The average molecular weight is 490 g/mol. The van der Waals surface area contributed by atoms with Gasteiger partial charge in [0.2, 0.25) is 5.91 Å². The third-order valence-electron chi connectivity index (χ3n) is 5.55. The van der Waals surface area contributed by atoms with Crippen molar-refractivity contribution < 1.29 is 9.59 Å². The van der Waals surface area contributed by atoms with Crippen LogP contribution in [0.3, 0.4) is 0 Å². The van der Waals surface area contributed by atoms with Crippen LogP contribution in [0.2, 0.25) is 5.02 Å². The quantitative estimate of drug-likeness (QED) is 0.350. The van der Waals surface area contributed by atoms with Crippen LogP contribution in [-0.2, 0) is 11.3 Å². The van der Waals surface area contributed by atoms with Gasteiger partial charge in [-0.1, -0.05) is 68.3 Å². The molecule has 9 heteroatoms. The van der Waals surface area contributed by atoms with E-state index in [1.807, 2.05) is 4.57 Å². The molecule has 1 aliphatic rings. The third kappa shape index (κ3) is 7.08. The molecule has 2 amide bonds. The SMILES string of the molecule is C=CCn1c(SCC(=O)NC2CCCC2)nnc1C(CC(C)C)NC(=O)c1ccccc1Cl.